The first-order chi connectivity index (χ1) is 13.3. The number of ether oxygens (including phenoxy) is 2. The van der Waals surface area contributed by atoms with Gasteiger partial charge >= 0.3 is 12.1 Å². The molecular weight excluding hydrogens is 356 g/mol. The van der Waals surface area contributed by atoms with Crippen LogP contribution in [0.5, 0.6) is 0 Å². The van der Waals surface area contributed by atoms with E-state index < -0.39 is 23.7 Å². The molecule has 3 N–H and O–H groups in total. The monoisotopic (exact) mass is 382 g/mol. The summed E-state index contributed by atoms with van der Waals surface area (Å²) in [6.07, 6.45) is -0.692. The van der Waals surface area contributed by atoms with Crippen molar-refractivity contribution in [2.45, 2.75) is 38.3 Å². The lowest BCUT2D eigenvalue weighted by molar-refractivity contribution is -0.157. The molecule has 0 fully saturated rings. The Labute approximate surface area is 165 Å². The average molecular weight is 382 g/mol. The van der Waals surface area contributed by atoms with Crippen LogP contribution in [-0.2, 0) is 14.3 Å². The van der Waals surface area contributed by atoms with Crippen molar-refractivity contribution in [3.05, 3.63) is 59.7 Å². The zero-order chi connectivity index (χ0) is 20.3. The van der Waals surface area contributed by atoms with Crippen LogP contribution in [-0.4, -0.2) is 36.9 Å². The van der Waals surface area contributed by atoms with Gasteiger partial charge in [0.25, 0.3) is 0 Å². The second kappa shape index (κ2) is 8.02. The Morgan fingerprint density at radius 2 is 1.57 bits per heavy atom. The van der Waals surface area contributed by atoms with Crippen LogP contribution < -0.4 is 11.1 Å². The molecule has 0 bridgehead atoms. The molecule has 0 aliphatic heterocycles. The third-order valence-corrected chi connectivity index (χ3v) is 4.56. The lowest BCUT2D eigenvalue weighted by Crippen LogP contribution is -2.48. The number of hydrogen-bond acceptors (Lipinski definition) is 5. The minimum atomic E-state index is -0.949. The molecule has 0 heterocycles. The molecule has 2 aromatic carbocycles. The van der Waals surface area contributed by atoms with Crippen LogP contribution in [0.3, 0.4) is 0 Å². The van der Waals surface area contributed by atoms with Crippen LogP contribution in [0, 0.1) is 0 Å². The molecule has 1 atom stereocenters. The van der Waals surface area contributed by atoms with Crippen LogP contribution in [0.1, 0.15) is 37.8 Å². The topological polar surface area (TPSA) is 90.6 Å². The van der Waals surface area contributed by atoms with Crippen LogP contribution in [0.4, 0.5) is 4.79 Å². The van der Waals surface area contributed by atoms with Crippen LogP contribution >= 0.6 is 0 Å². The van der Waals surface area contributed by atoms with Gasteiger partial charge in [0, 0.05) is 12.5 Å². The number of carbonyl (C=O) groups excluding carboxylic acids is 2. The van der Waals surface area contributed by atoms with Crippen molar-refractivity contribution < 1.29 is 19.1 Å². The van der Waals surface area contributed by atoms with E-state index in [-0.39, 0.29) is 19.1 Å². The van der Waals surface area contributed by atoms with E-state index in [4.69, 9.17) is 15.2 Å². The van der Waals surface area contributed by atoms with E-state index in [1.807, 2.05) is 36.4 Å². The van der Waals surface area contributed by atoms with Gasteiger partial charge in [-0.05, 0) is 43.0 Å². The van der Waals surface area contributed by atoms with Gasteiger partial charge in [-0.2, -0.15) is 0 Å². The summed E-state index contributed by atoms with van der Waals surface area (Å²) in [4.78, 5) is 24.4. The second-order valence-corrected chi connectivity index (χ2v) is 7.79. The van der Waals surface area contributed by atoms with Gasteiger partial charge < -0.3 is 20.5 Å². The molecule has 6 heteroatoms. The zero-order valence-electron chi connectivity index (χ0n) is 16.4. The highest BCUT2D eigenvalue weighted by molar-refractivity contribution is 5.82. The number of nitrogens with one attached hydrogen (secondary N) is 1. The maximum absolute atomic E-state index is 12.3. The lowest BCUT2D eigenvalue weighted by atomic mass is 9.98. The number of nitrogens with two attached hydrogens (primary N) is 1. The molecule has 1 aliphatic rings. The van der Waals surface area contributed by atoms with Crippen molar-refractivity contribution in [3.8, 4) is 11.1 Å². The average Bonchev–Trinajstić information content (AvgIpc) is 2.97. The van der Waals surface area contributed by atoms with E-state index in [1.165, 1.54) is 0 Å². The van der Waals surface area contributed by atoms with E-state index in [1.54, 1.807) is 20.8 Å². The number of fused-ring (bicyclic) bond motifs is 3. The maximum atomic E-state index is 12.3. The predicted octanol–water partition coefficient (Wildman–Crippen LogP) is 3.19. The molecule has 0 spiro atoms. The normalized spacial score (nSPS) is 14.0. The quantitative estimate of drug-likeness (QED) is 0.775. The largest absolute Gasteiger partial charge is 0.458 e. The summed E-state index contributed by atoms with van der Waals surface area (Å²) in [5.41, 5.74) is 9.51. The fraction of sp³-hybridized carbons (Fsp3) is 0.364. The Morgan fingerprint density at radius 1 is 1.04 bits per heavy atom. The summed E-state index contributed by atoms with van der Waals surface area (Å²) in [7, 11) is 0. The highest BCUT2D eigenvalue weighted by Crippen LogP contribution is 2.44. The summed E-state index contributed by atoms with van der Waals surface area (Å²) in [5.74, 6) is -0.625. The Kier molecular flexibility index (Phi) is 5.70. The van der Waals surface area contributed by atoms with Crippen LogP contribution in [0.25, 0.3) is 11.1 Å². The predicted molar refractivity (Wildman–Crippen MR) is 107 cm³/mol. The minimum Gasteiger partial charge on any atom is -0.458 e. The van der Waals surface area contributed by atoms with E-state index in [0.29, 0.717) is 0 Å². The number of alkyl carbamates (subject to hydrolysis) is 1. The summed E-state index contributed by atoms with van der Waals surface area (Å²) in [5, 5.41) is 2.50. The molecule has 0 radical (unpaired) electrons. The Balaban J connectivity index is 1.65. The SMILES string of the molecule is CC(C)(C)OC(=O)[C@@H](CN)NC(=O)OCC1c2ccccc2-c2ccccc21. The number of carbonyl (C=O) groups is 2. The third-order valence-electron chi connectivity index (χ3n) is 4.56. The third kappa shape index (κ3) is 4.34. The van der Waals surface area contributed by atoms with Crippen molar-refractivity contribution in [1.29, 1.82) is 0 Å². The fourth-order valence-corrected chi connectivity index (χ4v) is 3.37. The molecule has 2 aromatic rings. The van der Waals surface area contributed by atoms with E-state index in [0.717, 1.165) is 22.3 Å². The fourth-order valence-electron chi connectivity index (χ4n) is 3.37. The minimum absolute atomic E-state index is 0.0454. The molecule has 0 aromatic heterocycles. The van der Waals surface area contributed by atoms with E-state index in [9.17, 15) is 9.59 Å². The number of amides is 1. The number of hydrogen-bond donors (Lipinski definition) is 2. The van der Waals surface area contributed by atoms with Gasteiger partial charge in [-0.3, -0.25) is 0 Å². The summed E-state index contributed by atoms with van der Waals surface area (Å²) in [6.45, 7) is 5.37. The highest BCUT2D eigenvalue weighted by Gasteiger charge is 2.30. The number of benzene rings is 2. The van der Waals surface area contributed by atoms with Gasteiger partial charge in [-0.15, -0.1) is 0 Å². The van der Waals surface area contributed by atoms with Gasteiger partial charge in [0.2, 0.25) is 0 Å². The van der Waals surface area contributed by atoms with E-state index in [2.05, 4.69) is 17.4 Å². The molecule has 28 heavy (non-hydrogen) atoms. The van der Waals surface area contributed by atoms with Crippen LogP contribution in [0.15, 0.2) is 48.5 Å². The highest BCUT2D eigenvalue weighted by atomic mass is 16.6. The van der Waals surface area contributed by atoms with Gasteiger partial charge in [-0.1, -0.05) is 48.5 Å². The first-order valence-corrected chi connectivity index (χ1v) is 9.34. The van der Waals surface area contributed by atoms with Crippen molar-refractivity contribution in [3.63, 3.8) is 0 Å². The molecule has 3 rings (SSSR count). The molecule has 0 saturated carbocycles. The molecular formula is C22H26N2O4. The van der Waals surface area contributed by atoms with Gasteiger partial charge in [-0.25, -0.2) is 9.59 Å². The number of esters is 1. The molecule has 148 valence electrons. The summed E-state index contributed by atoms with van der Waals surface area (Å²) >= 11 is 0. The maximum Gasteiger partial charge on any atom is 0.407 e. The standard InChI is InChI=1S/C22H26N2O4/c1-22(2,3)28-20(25)19(12-23)24-21(26)27-13-18-16-10-6-4-8-14(16)15-9-5-7-11-17(15)18/h4-11,18-19H,12-13,23H2,1-3H3,(H,24,26)/t19-/m1/s1. The Bertz CT molecular complexity index is 827. The summed E-state index contributed by atoms with van der Waals surface area (Å²) in [6, 6.07) is 15.2. The Morgan fingerprint density at radius 3 is 2.07 bits per heavy atom. The van der Waals surface area contributed by atoms with Gasteiger partial charge in [0.05, 0.1) is 0 Å². The van der Waals surface area contributed by atoms with Crippen LogP contribution in [0.2, 0.25) is 0 Å². The summed E-state index contributed by atoms with van der Waals surface area (Å²) < 4.78 is 10.7. The number of rotatable bonds is 5. The van der Waals surface area contributed by atoms with Gasteiger partial charge in [0.1, 0.15) is 18.2 Å². The molecule has 1 aliphatic carbocycles. The van der Waals surface area contributed by atoms with E-state index >= 15 is 0 Å². The smallest absolute Gasteiger partial charge is 0.407 e. The molecule has 0 unspecified atom stereocenters. The first kappa shape index (κ1) is 19.9. The zero-order valence-corrected chi connectivity index (χ0v) is 16.4. The Hall–Kier alpha value is -2.86. The molecule has 1 amide bonds. The van der Waals surface area contributed by atoms with Crippen molar-refractivity contribution in [2.75, 3.05) is 13.2 Å². The second-order valence-electron chi connectivity index (χ2n) is 7.79. The lowest BCUT2D eigenvalue weighted by Gasteiger charge is -2.24. The van der Waals surface area contributed by atoms with Crippen molar-refractivity contribution >= 4 is 12.1 Å². The van der Waals surface area contributed by atoms with Gasteiger partial charge in [0.15, 0.2) is 0 Å². The van der Waals surface area contributed by atoms with Crippen molar-refractivity contribution in [2.24, 2.45) is 5.73 Å². The first-order valence-electron chi connectivity index (χ1n) is 9.34. The molecule has 6 nitrogen and oxygen atoms in total. The molecule has 0 saturated heterocycles. The van der Waals surface area contributed by atoms with Crippen molar-refractivity contribution in [1.82, 2.24) is 5.32 Å².